The number of nitrogens with zero attached hydrogens (tertiary/aromatic N) is 1. The first-order chi connectivity index (χ1) is 16.5. The zero-order valence-corrected chi connectivity index (χ0v) is 20.7. The lowest BCUT2D eigenvalue weighted by molar-refractivity contribution is -0.139. The molecule has 0 spiro atoms. The molecule has 35 heavy (non-hydrogen) atoms. The van der Waals surface area contributed by atoms with Crippen molar-refractivity contribution < 1.29 is 23.1 Å². The van der Waals surface area contributed by atoms with E-state index < -0.39 is 16.0 Å². The molecule has 0 saturated heterocycles. The molecule has 0 aliphatic carbocycles. The van der Waals surface area contributed by atoms with E-state index in [2.05, 4.69) is 30.1 Å². The molecular formula is C27H28N2O5S. The molecule has 0 saturated carbocycles. The Balaban J connectivity index is 1.48. The van der Waals surface area contributed by atoms with Gasteiger partial charge < -0.3 is 14.4 Å². The molecule has 0 aliphatic heterocycles. The maximum Gasteiger partial charge on any atom is 0.341 e. The van der Waals surface area contributed by atoms with Crippen LogP contribution in [0.5, 0.6) is 5.75 Å². The van der Waals surface area contributed by atoms with Crippen LogP contribution in [-0.2, 0) is 26.8 Å². The number of rotatable bonds is 8. The zero-order valence-electron chi connectivity index (χ0n) is 19.9. The van der Waals surface area contributed by atoms with E-state index in [1.54, 1.807) is 30.3 Å². The van der Waals surface area contributed by atoms with E-state index in [0.717, 1.165) is 22.0 Å². The predicted molar refractivity (Wildman–Crippen MR) is 137 cm³/mol. The van der Waals surface area contributed by atoms with Crippen LogP contribution in [0.15, 0.2) is 83.9 Å². The van der Waals surface area contributed by atoms with Gasteiger partial charge in [0, 0.05) is 29.3 Å². The van der Waals surface area contributed by atoms with Gasteiger partial charge in [-0.3, -0.25) is 4.72 Å². The Labute approximate surface area is 205 Å². The van der Waals surface area contributed by atoms with Crippen molar-refractivity contribution >= 4 is 32.6 Å². The standard InChI is InChI=1S/C27H28N2O5S/c1-27(2,3)21-6-11-24(12-7-21)35(32,33)28-22-8-13-25-20(16-22)14-15-29(25)17-19-4-9-23(10-5-19)34-18-26(30)31/h4-16,28H,17-18H2,1-3H3,(H,30,31). The Morgan fingerprint density at radius 3 is 2.29 bits per heavy atom. The van der Waals surface area contributed by atoms with E-state index in [-0.39, 0.29) is 16.9 Å². The number of fused-ring (bicyclic) bond motifs is 1. The first-order valence-corrected chi connectivity index (χ1v) is 12.7. The summed E-state index contributed by atoms with van der Waals surface area (Å²) >= 11 is 0. The fourth-order valence-electron chi connectivity index (χ4n) is 3.78. The molecule has 0 fully saturated rings. The second kappa shape index (κ2) is 9.46. The summed E-state index contributed by atoms with van der Waals surface area (Å²) in [6, 6.07) is 21.6. The number of benzene rings is 3. The van der Waals surface area contributed by atoms with Gasteiger partial charge in [-0.1, -0.05) is 45.0 Å². The highest BCUT2D eigenvalue weighted by Crippen LogP contribution is 2.26. The Hall–Kier alpha value is -3.78. The van der Waals surface area contributed by atoms with E-state index in [1.165, 1.54) is 0 Å². The highest BCUT2D eigenvalue weighted by atomic mass is 32.2. The van der Waals surface area contributed by atoms with Gasteiger partial charge >= 0.3 is 5.97 Å². The van der Waals surface area contributed by atoms with Gasteiger partial charge in [0.1, 0.15) is 5.75 Å². The highest BCUT2D eigenvalue weighted by Gasteiger charge is 2.18. The van der Waals surface area contributed by atoms with Gasteiger partial charge in [-0.15, -0.1) is 0 Å². The van der Waals surface area contributed by atoms with Crippen molar-refractivity contribution in [3.05, 3.63) is 90.1 Å². The summed E-state index contributed by atoms with van der Waals surface area (Å²) in [7, 11) is -3.71. The number of ether oxygens (including phenoxy) is 1. The molecule has 0 amide bonds. The number of carboxylic acids is 1. The number of anilines is 1. The SMILES string of the molecule is CC(C)(C)c1ccc(S(=O)(=O)Nc2ccc3c(ccn3Cc3ccc(OCC(=O)O)cc3)c2)cc1. The molecule has 0 unspecified atom stereocenters. The smallest absolute Gasteiger partial charge is 0.341 e. The van der Waals surface area contributed by atoms with Crippen molar-refractivity contribution in [2.24, 2.45) is 0 Å². The van der Waals surface area contributed by atoms with Crippen molar-refractivity contribution in [2.75, 3.05) is 11.3 Å². The molecule has 1 aromatic heterocycles. The van der Waals surface area contributed by atoms with Crippen molar-refractivity contribution in [3.63, 3.8) is 0 Å². The number of aromatic nitrogens is 1. The van der Waals surface area contributed by atoms with Crippen LogP contribution >= 0.6 is 0 Å². The minimum Gasteiger partial charge on any atom is -0.482 e. The molecule has 7 nitrogen and oxygen atoms in total. The fourth-order valence-corrected chi connectivity index (χ4v) is 4.83. The molecule has 8 heteroatoms. The monoisotopic (exact) mass is 492 g/mol. The number of carboxylic acid groups (broad SMARTS) is 1. The number of aliphatic carboxylic acids is 1. The first-order valence-electron chi connectivity index (χ1n) is 11.2. The minimum absolute atomic E-state index is 0.0515. The van der Waals surface area contributed by atoms with E-state index in [0.29, 0.717) is 18.0 Å². The quantitative estimate of drug-likeness (QED) is 0.350. The summed E-state index contributed by atoms with van der Waals surface area (Å²) in [5, 5.41) is 9.62. The molecule has 0 radical (unpaired) electrons. The van der Waals surface area contributed by atoms with Gasteiger partial charge in [-0.25, -0.2) is 13.2 Å². The Kier molecular flexibility index (Phi) is 6.58. The van der Waals surface area contributed by atoms with Gasteiger partial charge in [0.2, 0.25) is 0 Å². The van der Waals surface area contributed by atoms with Crippen LogP contribution in [-0.4, -0.2) is 30.7 Å². The molecule has 0 aliphatic rings. The molecular weight excluding hydrogens is 464 g/mol. The first kappa shape index (κ1) is 24.3. The molecule has 3 aromatic carbocycles. The van der Waals surface area contributed by atoms with Crippen LogP contribution in [0, 0.1) is 0 Å². The van der Waals surface area contributed by atoms with E-state index in [1.807, 2.05) is 48.7 Å². The summed E-state index contributed by atoms with van der Waals surface area (Å²) in [5.74, 6) is -0.522. The number of hydrogen-bond donors (Lipinski definition) is 2. The van der Waals surface area contributed by atoms with Crippen LogP contribution < -0.4 is 9.46 Å². The van der Waals surface area contributed by atoms with Gasteiger partial charge in [0.15, 0.2) is 6.61 Å². The third kappa shape index (κ3) is 5.84. The third-order valence-corrected chi connectivity index (χ3v) is 7.09. The topological polar surface area (TPSA) is 97.6 Å². The maximum absolute atomic E-state index is 12.9. The zero-order chi connectivity index (χ0) is 25.2. The van der Waals surface area contributed by atoms with Crippen LogP contribution in [0.2, 0.25) is 0 Å². The Morgan fingerprint density at radius 2 is 1.66 bits per heavy atom. The van der Waals surface area contributed by atoms with Gasteiger partial charge in [0.25, 0.3) is 10.0 Å². The Morgan fingerprint density at radius 1 is 0.971 bits per heavy atom. The van der Waals surface area contributed by atoms with Crippen molar-refractivity contribution in [1.29, 1.82) is 0 Å². The van der Waals surface area contributed by atoms with Crippen molar-refractivity contribution in [2.45, 2.75) is 37.6 Å². The van der Waals surface area contributed by atoms with Crippen LogP contribution in [0.4, 0.5) is 5.69 Å². The normalized spacial score (nSPS) is 12.0. The van der Waals surface area contributed by atoms with Crippen LogP contribution in [0.3, 0.4) is 0 Å². The number of carbonyl (C=O) groups is 1. The molecule has 4 aromatic rings. The summed E-state index contributed by atoms with van der Waals surface area (Å²) < 4.78 is 35.7. The van der Waals surface area contributed by atoms with Gasteiger partial charge in [0.05, 0.1) is 4.90 Å². The lowest BCUT2D eigenvalue weighted by Gasteiger charge is -2.19. The van der Waals surface area contributed by atoms with E-state index in [4.69, 9.17) is 9.84 Å². The van der Waals surface area contributed by atoms with E-state index >= 15 is 0 Å². The molecule has 1 heterocycles. The number of nitrogens with one attached hydrogen (secondary N) is 1. The molecule has 0 atom stereocenters. The third-order valence-electron chi connectivity index (χ3n) is 5.69. The molecule has 2 N–H and O–H groups in total. The maximum atomic E-state index is 12.9. The Bertz CT molecular complexity index is 1450. The average molecular weight is 493 g/mol. The largest absolute Gasteiger partial charge is 0.482 e. The average Bonchev–Trinajstić information content (AvgIpc) is 3.19. The second-order valence-electron chi connectivity index (χ2n) is 9.42. The second-order valence-corrected chi connectivity index (χ2v) is 11.1. The molecule has 0 bridgehead atoms. The predicted octanol–water partition coefficient (Wildman–Crippen LogP) is 5.25. The number of sulfonamides is 1. The van der Waals surface area contributed by atoms with Gasteiger partial charge in [-0.2, -0.15) is 0 Å². The summed E-state index contributed by atoms with van der Waals surface area (Å²) in [6.07, 6.45) is 1.95. The number of hydrogen-bond acceptors (Lipinski definition) is 4. The fraction of sp³-hybridized carbons (Fsp3) is 0.222. The van der Waals surface area contributed by atoms with Gasteiger partial charge in [-0.05, 0) is 65.1 Å². The summed E-state index contributed by atoms with van der Waals surface area (Å²) in [6.45, 7) is 6.48. The lowest BCUT2D eigenvalue weighted by atomic mass is 9.87. The van der Waals surface area contributed by atoms with E-state index in [9.17, 15) is 13.2 Å². The summed E-state index contributed by atoms with van der Waals surface area (Å²) in [4.78, 5) is 10.8. The minimum atomic E-state index is -3.71. The van der Waals surface area contributed by atoms with Crippen LogP contribution in [0.1, 0.15) is 31.9 Å². The molecule has 4 rings (SSSR count). The van der Waals surface area contributed by atoms with Crippen molar-refractivity contribution in [3.8, 4) is 5.75 Å². The lowest BCUT2D eigenvalue weighted by Crippen LogP contribution is -2.14. The highest BCUT2D eigenvalue weighted by molar-refractivity contribution is 7.92. The van der Waals surface area contributed by atoms with Crippen molar-refractivity contribution in [1.82, 2.24) is 4.57 Å². The summed E-state index contributed by atoms with van der Waals surface area (Å²) in [5.41, 5.74) is 3.50. The van der Waals surface area contributed by atoms with Crippen LogP contribution in [0.25, 0.3) is 10.9 Å². The molecule has 182 valence electrons.